The van der Waals surface area contributed by atoms with Gasteiger partial charge in [0.1, 0.15) is 23.0 Å². The van der Waals surface area contributed by atoms with Crippen LogP contribution in [0.5, 0.6) is 5.75 Å². The lowest BCUT2D eigenvalue weighted by atomic mass is 9.94. The maximum absolute atomic E-state index is 14.7. The number of hydrogen-bond acceptors (Lipinski definition) is 5. The smallest absolute Gasteiger partial charge is 0.416 e. The van der Waals surface area contributed by atoms with Gasteiger partial charge in [-0.25, -0.2) is 13.6 Å². The lowest BCUT2D eigenvalue weighted by Crippen LogP contribution is -2.28. The SMILES string of the molecule is COc1ccc(CN2C(=O)c3cc(NC(=O)OC(C)(C)C)cc(NC(=O)c4cc(F)cc(C(F)(F)F)c4)c3C2c2cc(F)ccc2Cl)cc1. The van der Waals surface area contributed by atoms with Gasteiger partial charge < -0.3 is 19.7 Å². The predicted octanol–water partition coefficient (Wildman–Crippen LogP) is 8.99. The van der Waals surface area contributed by atoms with Gasteiger partial charge in [-0.3, -0.25) is 14.9 Å². The molecule has 0 saturated heterocycles. The average molecular weight is 702 g/mol. The van der Waals surface area contributed by atoms with Gasteiger partial charge in [0, 0.05) is 45.2 Å². The number of halogens is 6. The Labute approximate surface area is 282 Å². The van der Waals surface area contributed by atoms with E-state index in [0.717, 1.165) is 12.1 Å². The fourth-order valence-corrected chi connectivity index (χ4v) is 5.59. The molecule has 0 spiro atoms. The van der Waals surface area contributed by atoms with Crippen LogP contribution in [-0.4, -0.2) is 35.5 Å². The van der Waals surface area contributed by atoms with Crippen LogP contribution in [0.25, 0.3) is 0 Å². The summed E-state index contributed by atoms with van der Waals surface area (Å²) >= 11 is 6.56. The Kier molecular flexibility index (Phi) is 9.60. The summed E-state index contributed by atoms with van der Waals surface area (Å²) in [6.07, 6.45) is -5.86. The molecule has 1 aliphatic heterocycles. The number of benzene rings is 4. The zero-order valence-electron chi connectivity index (χ0n) is 26.5. The number of anilines is 2. The van der Waals surface area contributed by atoms with Gasteiger partial charge in [0.05, 0.1) is 18.7 Å². The zero-order valence-corrected chi connectivity index (χ0v) is 27.2. The van der Waals surface area contributed by atoms with Gasteiger partial charge in [-0.2, -0.15) is 13.2 Å². The molecule has 8 nitrogen and oxygen atoms in total. The van der Waals surface area contributed by atoms with Crippen molar-refractivity contribution >= 4 is 40.9 Å². The van der Waals surface area contributed by atoms with Crippen LogP contribution in [0.4, 0.5) is 38.1 Å². The maximum atomic E-state index is 14.7. The predicted molar refractivity (Wildman–Crippen MR) is 172 cm³/mol. The summed E-state index contributed by atoms with van der Waals surface area (Å²) in [6, 6.07) is 13.1. The van der Waals surface area contributed by atoms with Gasteiger partial charge in [0.2, 0.25) is 0 Å². The van der Waals surface area contributed by atoms with Crippen molar-refractivity contribution < 1.29 is 45.8 Å². The molecule has 49 heavy (non-hydrogen) atoms. The number of rotatable bonds is 7. The van der Waals surface area contributed by atoms with Gasteiger partial charge in [-0.1, -0.05) is 23.7 Å². The first-order valence-corrected chi connectivity index (χ1v) is 15.1. The summed E-state index contributed by atoms with van der Waals surface area (Å²) in [7, 11) is 1.49. The molecular formula is C35H29ClF5N3O5. The Morgan fingerprint density at radius 3 is 2.22 bits per heavy atom. The van der Waals surface area contributed by atoms with Crippen molar-refractivity contribution in [2.75, 3.05) is 17.7 Å². The van der Waals surface area contributed by atoms with Crippen LogP contribution < -0.4 is 15.4 Å². The number of nitrogens with one attached hydrogen (secondary N) is 2. The van der Waals surface area contributed by atoms with E-state index in [-0.39, 0.29) is 45.7 Å². The highest BCUT2D eigenvalue weighted by atomic mass is 35.5. The molecule has 1 atom stereocenters. The second-order valence-corrected chi connectivity index (χ2v) is 12.5. The van der Waals surface area contributed by atoms with Crippen molar-refractivity contribution in [2.45, 2.75) is 45.1 Å². The van der Waals surface area contributed by atoms with Crippen LogP contribution in [-0.2, 0) is 17.5 Å². The zero-order chi connectivity index (χ0) is 35.8. The lowest BCUT2D eigenvalue weighted by molar-refractivity contribution is -0.137. The van der Waals surface area contributed by atoms with E-state index >= 15 is 0 Å². The fourth-order valence-electron chi connectivity index (χ4n) is 5.37. The number of fused-ring (bicyclic) bond motifs is 1. The molecule has 1 heterocycles. The maximum Gasteiger partial charge on any atom is 0.416 e. The first kappa shape index (κ1) is 35.1. The minimum Gasteiger partial charge on any atom is -0.497 e. The second kappa shape index (κ2) is 13.4. The minimum absolute atomic E-state index is 0.0257. The second-order valence-electron chi connectivity index (χ2n) is 12.1. The molecule has 0 fully saturated rings. The summed E-state index contributed by atoms with van der Waals surface area (Å²) in [4.78, 5) is 41.8. The van der Waals surface area contributed by atoms with Crippen LogP contribution in [0.1, 0.15) is 69.8 Å². The molecule has 1 unspecified atom stereocenters. The molecule has 0 aliphatic carbocycles. The molecule has 4 aromatic carbocycles. The topological polar surface area (TPSA) is 97.0 Å². The molecule has 4 aromatic rings. The van der Waals surface area contributed by atoms with Crippen molar-refractivity contribution in [1.82, 2.24) is 4.90 Å². The summed E-state index contributed by atoms with van der Waals surface area (Å²) in [5, 5.41) is 5.05. The van der Waals surface area contributed by atoms with E-state index in [0.29, 0.717) is 23.4 Å². The Bertz CT molecular complexity index is 1940. The number of nitrogens with zero attached hydrogens (tertiary/aromatic N) is 1. The highest BCUT2D eigenvalue weighted by molar-refractivity contribution is 6.31. The quantitative estimate of drug-likeness (QED) is 0.188. The van der Waals surface area contributed by atoms with E-state index in [1.54, 1.807) is 45.0 Å². The monoisotopic (exact) mass is 701 g/mol. The number of ether oxygens (including phenoxy) is 2. The number of carbonyl (C=O) groups is 3. The molecule has 14 heteroatoms. The van der Waals surface area contributed by atoms with Crippen molar-refractivity contribution in [3.05, 3.63) is 123 Å². The number of hydrogen-bond donors (Lipinski definition) is 2. The summed E-state index contributed by atoms with van der Waals surface area (Å²) in [5.41, 5.74) is -2.33. The summed E-state index contributed by atoms with van der Waals surface area (Å²) < 4.78 is 80.0. The van der Waals surface area contributed by atoms with Crippen LogP contribution in [0.2, 0.25) is 5.02 Å². The van der Waals surface area contributed by atoms with Gasteiger partial charge >= 0.3 is 12.3 Å². The first-order chi connectivity index (χ1) is 22.9. The molecule has 5 rings (SSSR count). The Morgan fingerprint density at radius 2 is 1.59 bits per heavy atom. The third-order valence-corrected chi connectivity index (χ3v) is 7.75. The van der Waals surface area contributed by atoms with E-state index in [1.165, 1.54) is 30.2 Å². The minimum atomic E-state index is -4.96. The first-order valence-electron chi connectivity index (χ1n) is 14.7. The average Bonchev–Trinajstić information content (AvgIpc) is 3.27. The Balaban J connectivity index is 1.68. The van der Waals surface area contributed by atoms with Crippen LogP contribution in [0, 0.1) is 11.6 Å². The highest BCUT2D eigenvalue weighted by Crippen LogP contribution is 2.47. The molecule has 256 valence electrons. The third kappa shape index (κ3) is 7.94. The third-order valence-electron chi connectivity index (χ3n) is 7.40. The summed E-state index contributed by atoms with van der Waals surface area (Å²) in [5.74, 6) is -3.21. The van der Waals surface area contributed by atoms with E-state index in [4.69, 9.17) is 21.1 Å². The number of amides is 3. The normalized spacial score (nSPS) is 14.4. The number of alkyl halides is 3. The van der Waals surface area contributed by atoms with Crippen LogP contribution in [0.3, 0.4) is 0 Å². The molecule has 0 aromatic heterocycles. The number of carbonyl (C=O) groups excluding carboxylic acids is 3. The van der Waals surface area contributed by atoms with Gasteiger partial charge in [-0.05, 0) is 87.0 Å². The standard InChI is InChI=1S/C35H29ClF5N3O5/c1-34(2,3)49-33(47)42-23-15-26-29(28(16-23)43-31(45)19-11-20(35(39,40)41)13-22(38)12-19)30(25-14-21(37)7-10-27(25)36)44(32(26)46)17-18-5-8-24(48-4)9-6-18/h5-16,30H,17H2,1-4H3,(H,42,47)(H,43,45). The van der Waals surface area contributed by atoms with E-state index in [1.807, 2.05) is 0 Å². The molecule has 2 N–H and O–H groups in total. The van der Waals surface area contributed by atoms with E-state index in [2.05, 4.69) is 10.6 Å². The van der Waals surface area contributed by atoms with Crippen molar-refractivity contribution in [3.8, 4) is 5.75 Å². The molecule has 1 aliphatic rings. The van der Waals surface area contributed by atoms with Gasteiger partial charge in [0.25, 0.3) is 11.8 Å². The number of methoxy groups -OCH3 is 1. The Morgan fingerprint density at radius 1 is 0.898 bits per heavy atom. The molecular weight excluding hydrogens is 673 g/mol. The molecule has 0 bridgehead atoms. The van der Waals surface area contributed by atoms with E-state index < -0.39 is 58.5 Å². The molecule has 0 radical (unpaired) electrons. The van der Waals surface area contributed by atoms with Crippen molar-refractivity contribution in [2.24, 2.45) is 0 Å². The largest absolute Gasteiger partial charge is 0.497 e. The fraction of sp³-hybridized carbons (Fsp3) is 0.229. The lowest BCUT2D eigenvalue weighted by Gasteiger charge is -2.28. The van der Waals surface area contributed by atoms with Crippen LogP contribution in [0.15, 0.2) is 72.8 Å². The van der Waals surface area contributed by atoms with Crippen molar-refractivity contribution in [1.29, 1.82) is 0 Å². The van der Waals surface area contributed by atoms with Crippen LogP contribution >= 0.6 is 11.6 Å². The molecule has 3 amide bonds. The van der Waals surface area contributed by atoms with Gasteiger partial charge in [0.15, 0.2) is 0 Å². The highest BCUT2D eigenvalue weighted by Gasteiger charge is 2.42. The Hall–Kier alpha value is -5.17. The molecule has 0 saturated carbocycles. The summed E-state index contributed by atoms with van der Waals surface area (Å²) in [6.45, 7) is 4.84. The van der Waals surface area contributed by atoms with E-state index in [9.17, 15) is 36.3 Å². The van der Waals surface area contributed by atoms with Gasteiger partial charge in [-0.15, -0.1) is 0 Å². The van der Waals surface area contributed by atoms with Crippen molar-refractivity contribution in [3.63, 3.8) is 0 Å².